The topological polar surface area (TPSA) is 62.6 Å². The number of anilines is 1. The highest BCUT2D eigenvalue weighted by atomic mass is 16.6. The van der Waals surface area contributed by atoms with Crippen molar-refractivity contribution in [2.75, 3.05) is 31.1 Å². The van der Waals surface area contributed by atoms with Gasteiger partial charge in [0.25, 0.3) is 0 Å². The minimum atomic E-state index is -0.315. The summed E-state index contributed by atoms with van der Waals surface area (Å²) in [5.74, 6) is 4.53. The number of ether oxygens (including phenoxy) is 1. The number of aromatic nitrogens is 2. The van der Waals surface area contributed by atoms with Crippen molar-refractivity contribution in [3.63, 3.8) is 0 Å². The molecule has 4 aliphatic carbocycles. The monoisotopic (exact) mass is 449 g/mol. The smallest absolute Gasteiger partial charge is 0.405 e. The van der Waals surface area contributed by atoms with Crippen LogP contribution in [-0.4, -0.2) is 53.0 Å². The van der Waals surface area contributed by atoms with E-state index < -0.39 is 0 Å². The largest absolute Gasteiger partial charge is 0.413 e. The van der Waals surface area contributed by atoms with Crippen LogP contribution in [0.15, 0.2) is 36.5 Å². The van der Waals surface area contributed by atoms with Crippen LogP contribution in [0.4, 0.5) is 10.6 Å². The van der Waals surface area contributed by atoms with E-state index in [1.165, 1.54) is 37.7 Å². The number of benzene rings is 1. The number of nitrogens with zero attached hydrogens (tertiary/aromatic N) is 4. The molecule has 5 fully saturated rings. The Labute approximate surface area is 196 Å². The van der Waals surface area contributed by atoms with Gasteiger partial charge in [-0.3, -0.25) is 4.90 Å². The average Bonchev–Trinajstić information content (AvgIpc) is 3.17. The summed E-state index contributed by atoms with van der Waals surface area (Å²) in [6.07, 6.45) is 7.91. The molecule has 5 aliphatic rings. The highest BCUT2D eigenvalue weighted by Gasteiger charge is 2.48. The molecule has 7 nitrogen and oxygen atoms in total. The molecule has 1 amide bonds. The predicted octanol–water partition coefficient (Wildman–Crippen LogP) is 3.66. The third kappa shape index (κ3) is 4.23. The van der Waals surface area contributed by atoms with Crippen molar-refractivity contribution in [2.45, 2.75) is 44.7 Å². The van der Waals surface area contributed by atoms with Crippen LogP contribution < -0.4 is 15.0 Å². The number of carbonyl (C=O) groups is 1. The predicted molar refractivity (Wildman–Crippen MR) is 127 cm³/mol. The molecule has 1 saturated heterocycles. The summed E-state index contributed by atoms with van der Waals surface area (Å²) < 4.78 is 7.69. The van der Waals surface area contributed by atoms with Crippen molar-refractivity contribution < 1.29 is 9.53 Å². The lowest BCUT2D eigenvalue weighted by Crippen LogP contribution is -2.56. The maximum absolute atomic E-state index is 12.9. The molecule has 2 aromatic rings. The molecule has 0 atom stereocenters. The molecule has 2 heterocycles. The van der Waals surface area contributed by atoms with E-state index in [2.05, 4.69) is 50.5 Å². The molecule has 1 aromatic heterocycles. The van der Waals surface area contributed by atoms with Crippen LogP contribution in [0.2, 0.25) is 0 Å². The van der Waals surface area contributed by atoms with Crippen LogP contribution >= 0.6 is 0 Å². The molecule has 0 spiro atoms. The van der Waals surface area contributed by atoms with Crippen LogP contribution in [0, 0.1) is 23.7 Å². The number of nitrogens with one attached hydrogen (secondary N) is 1. The standard InChI is InChI=1S/C26H35N5O2/c1-29-25(31-9-7-30(8-10-31)17-18-5-3-2-4-6-18)23(16-27-29)33-26(32)28-24-21-12-19-11-20(14-21)15-22(24)13-19/h2-6,16,19-22,24H,7-15,17H2,1H3,(H,28,32). The van der Waals surface area contributed by atoms with E-state index in [1.807, 2.05) is 11.7 Å². The first-order valence-corrected chi connectivity index (χ1v) is 12.6. The Bertz CT molecular complexity index is 954. The van der Waals surface area contributed by atoms with E-state index in [0.717, 1.165) is 50.4 Å². The number of carbonyl (C=O) groups excluding carboxylic acids is 1. The molecule has 4 saturated carbocycles. The SMILES string of the molecule is Cn1ncc(OC(=O)NC2C3CC4CC(C3)CC2C4)c1N1CCN(Cc2ccccc2)CC1. The second-order valence-electron chi connectivity index (χ2n) is 10.7. The number of aryl methyl sites for hydroxylation is 1. The van der Waals surface area contributed by atoms with Crippen molar-refractivity contribution in [1.29, 1.82) is 0 Å². The zero-order valence-corrected chi connectivity index (χ0v) is 19.5. The third-order valence-electron chi connectivity index (χ3n) is 8.51. The van der Waals surface area contributed by atoms with E-state index in [4.69, 9.17) is 4.74 Å². The van der Waals surface area contributed by atoms with Crippen molar-refractivity contribution in [1.82, 2.24) is 20.0 Å². The molecule has 1 N–H and O–H groups in total. The van der Waals surface area contributed by atoms with Gasteiger partial charge in [-0.2, -0.15) is 5.10 Å². The van der Waals surface area contributed by atoms with Crippen LogP contribution in [0.5, 0.6) is 5.75 Å². The first-order valence-electron chi connectivity index (χ1n) is 12.6. The van der Waals surface area contributed by atoms with Gasteiger partial charge >= 0.3 is 6.09 Å². The fourth-order valence-electron chi connectivity index (χ4n) is 7.23. The lowest BCUT2D eigenvalue weighted by Gasteiger charge is -2.54. The molecule has 176 valence electrons. The van der Waals surface area contributed by atoms with E-state index >= 15 is 0 Å². The van der Waals surface area contributed by atoms with Gasteiger partial charge in [-0.1, -0.05) is 30.3 Å². The highest BCUT2D eigenvalue weighted by Crippen LogP contribution is 2.53. The molecule has 0 radical (unpaired) electrons. The Morgan fingerprint density at radius 3 is 2.33 bits per heavy atom. The van der Waals surface area contributed by atoms with Crippen LogP contribution in [-0.2, 0) is 13.6 Å². The van der Waals surface area contributed by atoms with Gasteiger partial charge in [0.15, 0.2) is 11.6 Å². The Morgan fingerprint density at radius 2 is 1.67 bits per heavy atom. The maximum Gasteiger partial charge on any atom is 0.413 e. The Balaban J connectivity index is 1.07. The summed E-state index contributed by atoms with van der Waals surface area (Å²) in [6, 6.07) is 10.9. The van der Waals surface area contributed by atoms with Gasteiger partial charge in [-0.25, -0.2) is 9.48 Å². The third-order valence-corrected chi connectivity index (χ3v) is 8.51. The maximum atomic E-state index is 12.9. The first kappa shape index (κ1) is 21.0. The second kappa shape index (κ2) is 8.67. The number of hydrogen-bond donors (Lipinski definition) is 1. The van der Waals surface area contributed by atoms with E-state index in [0.29, 0.717) is 17.6 Å². The van der Waals surface area contributed by atoms with E-state index in [9.17, 15) is 4.79 Å². The van der Waals surface area contributed by atoms with Gasteiger partial charge in [0.05, 0.1) is 6.20 Å². The van der Waals surface area contributed by atoms with Crippen LogP contribution in [0.1, 0.15) is 37.7 Å². The molecule has 0 unspecified atom stereocenters. The summed E-state index contributed by atoms with van der Waals surface area (Å²) >= 11 is 0. The molecule has 33 heavy (non-hydrogen) atoms. The Kier molecular flexibility index (Phi) is 5.52. The van der Waals surface area contributed by atoms with Gasteiger partial charge in [0, 0.05) is 45.8 Å². The minimum Gasteiger partial charge on any atom is -0.405 e. The van der Waals surface area contributed by atoms with Crippen molar-refractivity contribution in [2.24, 2.45) is 30.7 Å². The van der Waals surface area contributed by atoms with Gasteiger partial charge in [-0.05, 0) is 61.3 Å². The summed E-state index contributed by atoms with van der Waals surface area (Å²) in [5, 5.41) is 7.67. The summed E-state index contributed by atoms with van der Waals surface area (Å²) in [6.45, 7) is 4.69. The van der Waals surface area contributed by atoms with Crippen molar-refractivity contribution >= 4 is 11.9 Å². The zero-order valence-electron chi connectivity index (χ0n) is 19.5. The molecule has 1 aromatic carbocycles. The van der Waals surface area contributed by atoms with Gasteiger partial charge < -0.3 is 15.0 Å². The normalized spacial score (nSPS) is 31.1. The fraction of sp³-hybridized carbons (Fsp3) is 0.615. The summed E-state index contributed by atoms with van der Waals surface area (Å²) in [7, 11) is 1.92. The molecule has 1 aliphatic heterocycles. The molecule has 7 rings (SSSR count). The number of rotatable bonds is 5. The van der Waals surface area contributed by atoms with Gasteiger partial charge in [0.1, 0.15) is 0 Å². The fourth-order valence-corrected chi connectivity index (χ4v) is 7.23. The number of hydrogen-bond acceptors (Lipinski definition) is 5. The average molecular weight is 450 g/mol. The lowest BCUT2D eigenvalue weighted by molar-refractivity contribution is -0.0114. The molecular weight excluding hydrogens is 414 g/mol. The van der Waals surface area contributed by atoms with E-state index in [-0.39, 0.29) is 12.1 Å². The number of piperazine rings is 1. The first-order chi connectivity index (χ1) is 16.1. The summed E-state index contributed by atoms with van der Waals surface area (Å²) in [4.78, 5) is 17.7. The van der Waals surface area contributed by atoms with Crippen molar-refractivity contribution in [3.8, 4) is 5.75 Å². The lowest BCUT2D eigenvalue weighted by atomic mass is 9.54. The van der Waals surface area contributed by atoms with E-state index in [1.54, 1.807) is 6.20 Å². The number of amides is 1. The minimum absolute atomic E-state index is 0.284. The van der Waals surface area contributed by atoms with Crippen LogP contribution in [0.25, 0.3) is 0 Å². The molecule has 7 heteroatoms. The second-order valence-corrected chi connectivity index (χ2v) is 10.7. The zero-order chi connectivity index (χ0) is 22.4. The Morgan fingerprint density at radius 1 is 1.00 bits per heavy atom. The van der Waals surface area contributed by atoms with Crippen LogP contribution in [0.3, 0.4) is 0 Å². The quantitative estimate of drug-likeness (QED) is 0.755. The van der Waals surface area contributed by atoms with Crippen molar-refractivity contribution in [3.05, 3.63) is 42.1 Å². The Hall–Kier alpha value is -2.54. The van der Waals surface area contributed by atoms with Gasteiger partial charge in [-0.15, -0.1) is 0 Å². The highest BCUT2D eigenvalue weighted by molar-refractivity contribution is 5.73. The summed E-state index contributed by atoms with van der Waals surface area (Å²) in [5.41, 5.74) is 1.34. The van der Waals surface area contributed by atoms with Gasteiger partial charge in [0.2, 0.25) is 0 Å². The molecular formula is C26H35N5O2. The molecule has 4 bridgehead atoms.